The zero-order valence-corrected chi connectivity index (χ0v) is 12.1. The smallest absolute Gasteiger partial charge is 0.276 e. The Morgan fingerprint density at radius 1 is 1.27 bits per heavy atom. The number of aromatic nitrogens is 4. The van der Waals surface area contributed by atoms with Crippen LogP contribution in [0.3, 0.4) is 0 Å². The van der Waals surface area contributed by atoms with Gasteiger partial charge < -0.3 is 4.98 Å². The molecule has 2 N–H and O–H groups in total. The second kappa shape index (κ2) is 5.32. The highest BCUT2D eigenvalue weighted by Gasteiger charge is 2.15. The number of nitrogens with zero attached hydrogens (tertiary/aromatic N) is 2. The molecule has 22 heavy (non-hydrogen) atoms. The van der Waals surface area contributed by atoms with Gasteiger partial charge in [-0.25, -0.2) is 13.8 Å². The van der Waals surface area contributed by atoms with E-state index in [9.17, 15) is 13.6 Å². The zero-order chi connectivity index (χ0) is 15.9. The number of H-pyrrole nitrogens is 2. The van der Waals surface area contributed by atoms with Crippen LogP contribution in [0.15, 0.2) is 23.0 Å². The van der Waals surface area contributed by atoms with E-state index in [-0.39, 0.29) is 34.8 Å². The number of nitrogens with one attached hydrogen (secondary N) is 2. The van der Waals surface area contributed by atoms with E-state index in [0.29, 0.717) is 11.2 Å². The van der Waals surface area contributed by atoms with Gasteiger partial charge in [0, 0.05) is 6.42 Å². The Morgan fingerprint density at radius 3 is 2.77 bits per heavy atom. The van der Waals surface area contributed by atoms with Crippen LogP contribution >= 0.6 is 0 Å². The van der Waals surface area contributed by atoms with E-state index in [2.05, 4.69) is 20.2 Å². The summed E-state index contributed by atoms with van der Waals surface area (Å²) in [5.74, 6) is -0.724. The minimum Gasteiger partial charge on any atom is -0.308 e. The Morgan fingerprint density at radius 2 is 2.05 bits per heavy atom. The van der Waals surface area contributed by atoms with Gasteiger partial charge in [-0.3, -0.25) is 9.89 Å². The highest BCUT2D eigenvalue weighted by Crippen LogP contribution is 2.19. The Hall–Kier alpha value is -2.57. The topological polar surface area (TPSA) is 74.4 Å². The van der Waals surface area contributed by atoms with Crippen LogP contribution in [0.25, 0.3) is 11.0 Å². The Bertz CT molecular complexity index is 898. The van der Waals surface area contributed by atoms with Crippen LogP contribution in [0, 0.1) is 11.6 Å². The molecule has 0 spiro atoms. The van der Waals surface area contributed by atoms with Crippen LogP contribution in [0.4, 0.5) is 8.78 Å². The standard InChI is InChI=1S/C15H14F2N4O/c1-7(2)12-13-14(21-20-12)15(22)19-11(18-13)6-8-5-9(16)3-4-10(8)17/h3-5,7H,6H2,1-2H3,(H,20,21)(H,18,19,22). The Kier molecular flexibility index (Phi) is 3.48. The minimum absolute atomic E-state index is 0.00249. The predicted octanol–water partition coefficient (Wildman–Crippen LogP) is 2.64. The summed E-state index contributed by atoms with van der Waals surface area (Å²) in [6, 6.07) is 3.20. The molecule has 7 heteroatoms. The Labute approximate surface area is 124 Å². The molecule has 0 unspecified atom stereocenters. The van der Waals surface area contributed by atoms with Crippen molar-refractivity contribution in [3.8, 4) is 0 Å². The van der Waals surface area contributed by atoms with E-state index in [4.69, 9.17) is 0 Å². The molecule has 5 nitrogen and oxygen atoms in total. The third-order valence-electron chi connectivity index (χ3n) is 3.41. The van der Waals surface area contributed by atoms with Gasteiger partial charge in [0.05, 0.1) is 5.69 Å². The fraction of sp³-hybridized carbons (Fsp3) is 0.267. The quantitative estimate of drug-likeness (QED) is 0.781. The second-order valence-electron chi connectivity index (χ2n) is 5.41. The summed E-state index contributed by atoms with van der Waals surface area (Å²) in [7, 11) is 0. The molecule has 2 aromatic heterocycles. The van der Waals surface area contributed by atoms with Crippen molar-refractivity contribution in [2.24, 2.45) is 0 Å². The molecule has 0 bridgehead atoms. The van der Waals surface area contributed by atoms with Crippen molar-refractivity contribution < 1.29 is 8.78 Å². The molecule has 0 aliphatic carbocycles. The van der Waals surface area contributed by atoms with E-state index >= 15 is 0 Å². The zero-order valence-electron chi connectivity index (χ0n) is 12.1. The normalized spacial score (nSPS) is 11.5. The maximum absolute atomic E-state index is 13.7. The van der Waals surface area contributed by atoms with Gasteiger partial charge in [0.25, 0.3) is 5.56 Å². The van der Waals surface area contributed by atoms with Crippen molar-refractivity contribution in [1.82, 2.24) is 20.2 Å². The summed E-state index contributed by atoms with van der Waals surface area (Å²) >= 11 is 0. The number of aromatic amines is 2. The number of halogens is 2. The fourth-order valence-electron chi connectivity index (χ4n) is 2.32. The second-order valence-corrected chi connectivity index (χ2v) is 5.41. The van der Waals surface area contributed by atoms with Gasteiger partial charge in [0.1, 0.15) is 28.5 Å². The summed E-state index contributed by atoms with van der Waals surface area (Å²) in [5, 5.41) is 6.75. The van der Waals surface area contributed by atoms with Crippen LogP contribution in [-0.4, -0.2) is 20.2 Å². The molecule has 2 heterocycles. The van der Waals surface area contributed by atoms with Crippen molar-refractivity contribution in [2.45, 2.75) is 26.2 Å². The van der Waals surface area contributed by atoms with Crippen molar-refractivity contribution in [2.75, 3.05) is 0 Å². The lowest BCUT2D eigenvalue weighted by Gasteiger charge is -2.05. The first kappa shape index (κ1) is 14.4. The molecule has 0 aliphatic heterocycles. The Balaban J connectivity index is 2.09. The third kappa shape index (κ3) is 2.49. The van der Waals surface area contributed by atoms with Crippen molar-refractivity contribution in [1.29, 1.82) is 0 Å². The number of fused-ring (bicyclic) bond motifs is 1. The van der Waals surface area contributed by atoms with Crippen LogP contribution in [0.2, 0.25) is 0 Å². The highest BCUT2D eigenvalue weighted by atomic mass is 19.1. The molecule has 0 amide bonds. The third-order valence-corrected chi connectivity index (χ3v) is 3.41. The lowest BCUT2D eigenvalue weighted by atomic mass is 10.1. The summed E-state index contributed by atoms with van der Waals surface area (Å²) in [6.07, 6.45) is -0.00249. The van der Waals surface area contributed by atoms with Crippen molar-refractivity contribution in [3.05, 3.63) is 57.3 Å². The first-order valence-corrected chi connectivity index (χ1v) is 6.87. The average Bonchev–Trinajstić information content (AvgIpc) is 2.87. The van der Waals surface area contributed by atoms with Crippen LogP contribution < -0.4 is 5.56 Å². The van der Waals surface area contributed by atoms with Gasteiger partial charge in [0.15, 0.2) is 0 Å². The average molecular weight is 304 g/mol. The van der Waals surface area contributed by atoms with Crippen LogP contribution in [0.5, 0.6) is 0 Å². The molecular weight excluding hydrogens is 290 g/mol. The summed E-state index contributed by atoms with van der Waals surface area (Å²) in [6.45, 7) is 3.87. The van der Waals surface area contributed by atoms with Gasteiger partial charge in [-0.05, 0) is 29.7 Å². The highest BCUT2D eigenvalue weighted by molar-refractivity contribution is 5.76. The van der Waals surface area contributed by atoms with Crippen molar-refractivity contribution in [3.63, 3.8) is 0 Å². The van der Waals surface area contributed by atoms with E-state index in [1.807, 2.05) is 13.8 Å². The molecular formula is C15H14F2N4O. The molecule has 0 fully saturated rings. The monoisotopic (exact) mass is 304 g/mol. The molecule has 0 saturated heterocycles. The fourth-order valence-corrected chi connectivity index (χ4v) is 2.32. The first-order chi connectivity index (χ1) is 10.5. The van der Waals surface area contributed by atoms with E-state index in [1.54, 1.807) is 0 Å². The summed E-state index contributed by atoms with van der Waals surface area (Å²) in [5.41, 5.74) is 1.17. The molecule has 0 atom stereocenters. The first-order valence-electron chi connectivity index (χ1n) is 6.87. The predicted molar refractivity (Wildman–Crippen MR) is 77.8 cm³/mol. The number of hydrogen-bond donors (Lipinski definition) is 2. The van der Waals surface area contributed by atoms with Gasteiger partial charge in [-0.1, -0.05) is 13.8 Å². The van der Waals surface area contributed by atoms with Gasteiger partial charge in [-0.15, -0.1) is 0 Å². The lowest BCUT2D eigenvalue weighted by Crippen LogP contribution is -2.13. The van der Waals surface area contributed by atoms with Gasteiger partial charge in [-0.2, -0.15) is 5.10 Å². The maximum Gasteiger partial charge on any atom is 0.276 e. The largest absolute Gasteiger partial charge is 0.308 e. The summed E-state index contributed by atoms with van der Waals surface area (Å²) < 4.78 is 26.9. The maximum atomic E-state index is 13.7. The van der Waals surface area contributed by atoms with Gasteiger partial charge in [0.2, 0.25) is 0 Å². The number of hydrogen-bond acceptors (Lipinski definition) is 3. The lowest BCUT2D eigenvalue weighted by molar-refractivity contribution is 0.587. The molecule has 3 rings (SSSR count). The van der Waals surface area contributed by atoms with Gasteiger partial charge >= 0.3 is 0 Å². The number of benzene rings is 1. The van der Waals surface area contributed by atoms with Crippen LogP contribution in [-0.2, 0) is 6.42 Å². The van der Waals surface area contributed by atoms with E-state index in [0.717, 1.165) is 18.2 Å². The van der Waals surface area contributed by atoms with Crippen LogP contribution in [0.1, 0.15) is 36.8 Å². The summed E-state index contributed by atoms with van der Waals surface area (Å²) in [4.78, 5) is 19.0. The molecule has 0 aliphatic rings. The van der Waals surface area contributed by atoms with Crippen molar-refractivity contribution >= 4 is 11.0 Å². The molecule has 0 saturated carbocycles. The molecule has 114 valence electrons. The van der Waals surface area contributed by atoms with E-state index in [1.165, 1.54) is 0 Å². The molecule has 0 radical (unpaired) electrons. The number of rotatable bonds is 3. The molecule has 3 aromatic rings. The van der Waals surface area contributed by atoms with E-state index < -0.39 is 11.6 Å². The SMILES string of the molecule is CC(C)c1n[nH]c2c(=O)[nH]c(Cc3cc(F)ccc3F)nc12. The minimum atomic E-state index is -0.541. The molecule has 1 aromatic carbocycles.